The molecule has 0 aliphatic carbocycles. The van der Waals surface area contributed by atoms with Gasteiger partial charge in [0.15, 0.2) is 0 Å². The van der Waals surface area contributed by atoms with Crippen molar-refractivity contribution < 1.29 is 19.1 Å². The van der Waals surface area contributed by atoms with E-state index in [2.05, 4.69) is 35.6 Å². The highest BCUT2D eigenvalue weighted by molar-refractivity contribution is 6.31. The van der Waals surface area contributed by atoms with Gasteiger partial charge in [0.1, 0.15) is 11.2 Å². The molecule has 1 amide bonds. The predicted molar refractivity (Wildman–Crippen MR) is 161 cm³/mol. The number of benzene rings is 1. The van der Waals surface area contributed by atoms with E-state index in [-0.39, 0.29) is 11.9 Å². The largest absolute Gasteiger partial charge is 0.457 e. The molecule has 0 saturated carbocycles. The highest BCUT2D eigenvalue weighted by atomic mass is 35.5. The van der Waals surface area contributed by atoms with Crippen LogP contribution in [0.1, 0.15) is 102 Å². The fourth-order valence-electron chi connectivity index (χ4n) is 3.91. The predicted octanol–water partition coefficient (Wildman–Crippen LogP) is 7.76. The van der Waals surface area contributed by atoms with E-state index in [0.717, 1.165) is 35.2 Å². The summed E-state index contributed by atoms with van der Waals surface area (Å²) in [4.78, 5) is 28.7. The first-order chi connectivity index (χ1) is 18.7. The van der Waals surface area contributed by atoms with Crippen molar-refractivity contribution in [2.45, 2.75) is 97.7 Å². The molecule has 0 spiro atoms. The van der Waals surface area contributed by atoms with Crippen LogP contribution in [0, 0.1) is 11.8 Å². The Kier molecular flexibility index (Phi) is 12.3. The number of ether oxygens (including phenoxy) is 2. The molecule has 2 rings (SSSR count). The van der Waals surface area contributed by atoms with Crippen LogP contribution in [0.4, 0.5) is 4.79 Å². The van der Waals surface area contributed by atoms with E-state index in [1.54, 1.807) is 6.20 Å². The molecule has 1 unspecified atom stereocenters. The average Bonchev–Trinajstić information content (AvgIpc) is 2.84. The van der Waals surface area contributed by atoms with Gasteiger partial charge in [0.25, 0.3) is 0 Å². The normalized spacial score (nSPS) is 12.1. The SMILES string of the molecule is C=C(CCC(CCC)c1ncc(C#Cc2ccc(CCNC(=O)OC(C)(C)C)cc2)cc1Cl)C(=O)OC(C)(C)C. The summed E-state index contributed by atoms with van der Waals surface area (Å²) < 4.78 is 10.7. The van der Waals surface area contributed by atoms with E-state index in [1.807, 2.05) is 71.9 Å². The number of halogens is 1. The van der Waals surface area contributed by atoms with E-state index in [9.17, 15) is 9.59 Å². The first-order valence-corrected chi connectivity index (χ1v) is 14.2. The first-order valence-electron chi connectivity index (χ1n) is 13.8. The van der Waals surface area contributed by atoms with Gasteiger partial charge in [-0.3, -0.25) is 4.98 Å². The van der Waals surface area contributed by atoms with Crippen molar-refractivity contribution in [1.29, 1.82) is 0 Å². The minimum Gasteiger partial charge on any atom is -0.457 e. The molecule has 0 fully saturated rings. The molecular formula is C33H43ClN2O4. The lowest BCUT2D eigenvalue weighted by Crippen LogP contribution is -2.33. The van der Waals surface area contributed by atoms with Gasteiger partial charge >= 0.3 is 12.1 Å². The maximum absolute atomic E-state index is 12.3. The number of carbonyl (C=O) groups excluding carboxylic acids is 2. The second-order valence-corrected chi connectivity index (χ2v) is 12.3. The summed E-state index contributed by atoms with van der Waals surface area (Å²) in [6.45, 7) is 17.6. The van der Waals surface area contributed by atoms with Crippen molar-refractivity contribution in [2.75, 3.05) is 6.54 Å². The Morgan fingerprint density at radius 3 is 2.20 bits per heavy atom. The van der Waals surface area contributed by atoms with Crippen LogP contribution >= 0.6 is 11.6 Å². The molecule has 40 heavy (non-hydrogen) atoms. The third kappa shape index (κ3) is 12.3. The zero-order valence-electron chi connectivity index (χ0n) is 24.9. The molecule has 0 aliphatic rings. The number of pyridine rings is 1. The van der Waals surface area contributed by atoms with Crippen molar-refractivity contribution in [2.24, 2.45) is 0 Å². The van der Waals surface area contributed by atoms with Crippen LogP contribution in [0.15, 0.2) is 48.7 Å². The van der Waals surface area contributed by atoms with Crippen LogP contribution < -0.4 is 5.32 Å². The maximum Gasteiger partial charge on any atom is 0.407 e. The number of amides is 1. The van der Waals surface area contributed by atoms with Crippen LogP contribution in [0.3, 0.4) is 0 Å². The standard InChI is InChI=1S/C33H43ClN2O4/c1-9-10-27(18-11-23(2)30(37)39-32(3,4)5)29-28(34)21-26(22-36-29)17-16-24-12-14-25(15-13-24)19-20-35-31(38)40-33(6,7)8/h12-15,21-22,27H,2,9-11,18-20H2,1,3-8H3,(H,35,38). The monoisotopic (exact) mass is 566 g/mol. The van der Waals surface area contributed by atoms with Gasteiger partial charge in [0.05, 0.1) is 10.7 Å². The topological polar surface area (TPSA) is 77.5 Å². The second-order valence-electron chi connectivity index (χ2n) is 11.8. The Hall–Kier alpha value is -3.30. The van der Waals surface area contributed by atoms with E-state index < -0.39 is 17.3 Å². The third-order valence-electron chi connectivity index (χ3n) is 5.76. The van der Waals surface area contributed by atoms with Crippen molar-refractivity contribution in [1.82, 2.24) is 10.3 Å². The molecule has 1 aromatic carbocycles. The summed E-state index contributed by atoms with van der Waals surface area (Å²) >= 11 is 6.65. The molecule has 1 heterocycles. The van der Waals surface area contributed by atoms with Gasteiger partial charge in [0.2, 0.25) is 0 Å². The number of aromatic nitrogens is 1. The van der Waals surface area contributed by atoms with E-state index in [1.165, 1.54) is 0 Å². The van der Waals surface area contributed by atoms with E-state index in [4.69, 9.17) is 21.1 Å². The zero-order chi connectivity index (χ0) is 29.9. The molecule has 1 aromatic heterocycles. The fraction of sp³-hybridized carbons (Fsp3) is 0.485. The maximum atomic E-state index is 12.3. The van der Waals surface area contributed by atoms with Crippen LogP contribution in [0.2, 0.25) is 5.02 Å². The van der Waals surface area contributed by atoms with Crippen molar-refractivity contribution in [3.8, 4) is 11.8 Å². The lowest BCUT2D eigenvalue weighted by molar-refractivity contribution is -0.150. The number of rotatable bonds is 10. The minimum atomic E-state index is -0.548. The smallest absolute Gasteiger partial charge is 0.407 e. The average molecular weight is 567 g/mol. The number of nitrogens with zero attached hydrogens (tertiary/aromatic N) is 1. The van der Waals surface area contributed by atoms with Crippen molar-refractivity contribution in [3.63, 3.8) is 0 Å². The van der Waals surface area contributed by atoms with E-state index >= 15 is 0 Å². The Morgan fingerprint density at radius 1 is 1.00 bits per heavy atom. The Bertz CT molecular complexity index is 1230. The van der Waals surface area contributed by atoms with Gasteiger partial charge in [-0.15, -0.1) is 0 Å². The summed E-state index contributed by atoms with van der Waals surface area (Å²) in [7, 11) is 0. The van der Waals surface area contributed by atoms with Gasteiger partial charge in [0, 0.05) is 35.4 Å². The Labute approximate surface area is 244 Å². The molecule has 0 aliphatic heterocycles. The number of nitrogens with one attached hydrogen (secondary N) is 1. The van der Waals surface area contributed by atoms with Crippen LogP contribution in [-0.4, -0.2) is 34.8 Å². The molecule has 0 bridgehead atoms. The lowest BCUT2D eigenvalue weighted by Gasteiger charge is -2.21. The second kappa shape index (κ2) is 14.9. The molecule has 0 saturated heterocycles. The third-order valence-corrected chi connectivity index (χ3v) is 6.07. The number of esters is 1. The number of carbonyl (C=O) groups is 2. The molecule has 0 radical (unpaired) electrons. The van der Waals surface area contributed by atoms with Crippen molar-refractivity contribution >= 4 is 23.7 Å². The highest BCUT2D eigenvalue weighted by Gasteiger charge is 2.21. The van der Waals surface area contributed by atoms with E-state index in [0.29, 0.717) is 36.4 Å². The molecule has 2 aromatic rings. The molecule has 6 nitrogen and oxygen atoms in total. The molecular weight excluding hydrogens is 524 g/mol. The van der Waals surface area contributed by atoms with Crippen LogP contribution in [0.25, 0.3) is 0 Å². The van der Waals surface area contributed by atoms with Crippen LogP contribution in [0.5, 0.6) is 0 Å². The number of hydrogen-bond donors (Lipinski definition) is 1. The molecule has 216 valence electrons. The highest BCUT2D eigenvalue weighted by Crippen LogP contribution is 2.32. The summed E-state index contributed by atoms with van der Waals surface area (Å²) in [5.41, 5.74) is 2.90. The van der Waals surface area contributed by atoms with Gasteiger partial charge in [-0.25, -0.2) is 9.59 Å². The molecule has 1 atom stereocenters. The first kappa shape index (κ1) is 32.9. The summed E-state index contributed by atoms with van der Waals surface area (Å²) in [6, 6.07) is 9.74. The minimum absolute atomic E-state index is 0.107. The quantitative estimate of drug-likeness (QED) is 0.181. The Balaban J connectivity index is 1.98. The lowest BCUT2D eigenvalue weighted by atomic mass is 9.92. The van der Waals surface area contributed by atoms with Gasteiger partial charge in [-0.1, -0.05) is 55.5 Å². The van der Waals surface area contributed by atoms with Crippen LogP contribution in [-0.2, 0) is 20.7 Å². The molecule has 1 N–H and O–H groups in total. The Morgan fingerprint density at radius 2 is 1.62 bits per heavy atom. The number of alkyl carbamates (subject to hydrolysis) is 1. The van der Waals surface area contributed by atoms with Gasteiger partial charge in [-0.2, -0.15) is 0 Å². The number of hydrogen-bond acceptors (Lipinski definition) is 5. The van der Waals surface area contributed by atoms with Gasteiger partial charge in [-0.05, 0) is 91.0 Å². The zero-order valence-corrected chi connectivity index (χ0v) is 25.7. The van der Waals surface area contributed by atoms with Gasteiger partial charge < -0.3 is 14.8 Å². The fourth-order valence-corrected chi connectivity index (χ4v) is 4.23. The summed E-state index contributed by atoms with van der Waals surface area (Å²) in [5.74, 6) is 6.04. The van der Waals surface area contributed by atoms with Crippen molar-refractivity contribution in [3.05, 3.63) is 76.1 Å². The molecule has 7 heteroatoms. The summed E-state index contributed by atoms with van der Waals surface area (Å²) in [5, 5.41) is 3.34. The summed E-state index contributed by atoms with van der Waals surface area (Å²) in [6.07, 6.45) is 5.12.